The molecular weight excluding hydrogens is 666 g/mol. The molecule has 6 rings (SSSR count). The average Bonchev–Trinajstić information content (AvgIpc) is 3.30. The van der Waals surface area contributed by atoms with Crippen molar-refractivity contribution in [1.82, 2.24) is 0 Å². The molecule has 11 heteroatoms. The van der Waals surface area contributed by atoms with Gasteiger partial charge in [0.2, 0.25) is 5.78 Å². The number of nitrogens with two attached hydrogens (primary N) is 1. The molecule has 0 aliphatic heterocycles. The number of esters is 3. The molecule has 1 aromatic rings. The number of benzene rings is 1. The number of carbonyl (C=O) groups excluding carboxylic acids is 6. The second-order valence-electron chi connectivity index (χ2n) is 15.4. The van der Waals surface area contributed by atoms with Crippen LogP contribution in [0.4, 0.5) is 0 Å². The molecule has 8 atom stereocenters. The molecule has 276 valence electrons. The molecule has 5 aliphatic rings. The van der Waals surface area contributed by atoms with E-state index in [4.69, 9.17) is 19.9 Å². The van der Waals surface area contributed by atoms with Gasteiger partial charge in [-0.3, -0.25) is 28.8 Å². The van der Waals surface area contributed by atoms with Gasteiger partial charge in [0.1, 0.15) is 12.7 Å². The van der Waals surface area contributed by atoms with E-state index in [0.717, 1.165) is 24.8 Å². The van der Waals surface area contributed by atoms with Crippen LogP contribution < -0.4 is 5.73 Å². The van der Waals surface area contributed by atoms with E-state index in [-0.39, 0.29) is 84.3 Å². The van der Waals surface area contributed by atoms with Crippen LogP contribution >= 0.6 is 0 Å². The lowest BCUT2D eigenvalue weighted by molar-refractivity contribution is -0.196. The third-order valence-corrected chi connectivity index (χ3v) is 12.7. The molecule has 1 aromatic carbocycles. The summed E-state index contributed by atoms with van der Waals surface area (Å²) in [7, 11) is 0. The molecule has 0 heterocycles. The fraction of sp³-hybridized carbons (Fsp3) is 0.512. The molecule has 0 bridgehead atoms. The molecule has 0 amide bonds. The molecule has 11 nitrogen and oxygen atoms in total. The second kappa shape index (κ2) is 14.1. The van der Waals surface area contributed by atoms with E-state index in [1.807, 2.05) is 13.0 Å². The van der Waals surface area contributed by atoms with Crippen molar-refractivity contribution in [1.29, 1.82) is 0 Å². The number of hydrogen-bond donors (Lipinski definition) is 2. The van der Waals surface area contributed by atoms with Crippen LogP contribution in [0, 0.1) is 34.5 Å². The number of fused-ring (bicyclic) bond motifs is 6. The minimum Gasteiger partial charge on any atom is -0.466 e. The Balaban J connectivity index is 1.13. The topological polar surface area (TPSA) is 176 Å². The zero-order valence-electron chi connectivity index (χ0n) is 30.1. The number of aliphatic hydroxyl groups is 1. The molecule has 0 saturated heterocycles. The highest BCUT2D eigenvalue weighted by Gasteiger charge is 2.68. The smallest absolute Gasteiger partial charge is 0.306 e. The van der Waals surface area contributed by atoms with Gasteiger partial charge in [0, 0.05) is 46.8 Å². The summed E-state index contributed by atoms with van der Waals surface area (Å²) in [4.78, 5) is 75.6. The van der Waals surface area contributed by atoms with Crippen molar-refractivity contribution < 1.29 is 48.1 Å². The van der Waals surface area contributed by atoms with Gasteiger partial charge in [-0.1, -0.05) is 56.7 Å². The molecule has 7 unspecified atom stereocenters. The summed E-state index contributed by atoms with van der Waals surface area (Å²) < 4.78 is 16.8. The van der Waals surface area contributed by atoms with E-state index < -0.39 is 52.0 Å². The van der Waals surface area contributed by atoms with Crippen LogP contribution in [0.15, 0.2) is 71.5 Å². The monoisotopic (exact) mass is 713 g/mol. The minimum atomic E-state index is -1.17. The van der Waals surface area contributed by atoms with Crippen LogP contribution in [0.3, 0.4) is 0 Å². The van der Waals surface area contributed by atoms with Crippen LogP contribution in [-0.2, 0) is 33.4 Å². The maximum atomic E-state index is 13.5. The van der Waals surface area contributed by atoms with Crippen molar-refractivity contribution in [3.05, 3.63) is 82.6 Å². The fourth-order valence-electron chi connectivity index (χ4n) is 10.1. The lowest BCUT2D eigenvalue weighted by Crippen LogP contribution is -2.61. The summed E-state index contributed by atoms with van der Waals surface area (Å²) in [5.74, 6) is -2.60. The molecule has 0 spiro atoms. The first kappa shape index (κ1) is 37.1. The first-order valence-corrected chi connectivity index (χ1v) is 18.1. The van der Waals surface area contributed by atoms with E-state index in [2.05, 4.69) is 13.8 Å². The van der Waals surface area contributed by atoms with Crippen molar-refractivity contribution in [2.24, 2.45) is 40.2 Å². The Morgan fingerprint density at radius 1 is 1.02 bits per heavy atom. The number of Topliss-reactive ketones (excluding diaryl/α,β-unsaturated/α-hetero) is 2. The molecule has 3 saturated carbocycles. The van der Waals surface area contributed by atoms with E-state index in [9.17, 15) is 33.9 Å². The van der Waals surface area contributed by atoms with Crippen LogP contribution in [0.2, 0.25) is 0 Å². The largest absolute Gasteiger partial charge is 0.466 e. The van der Waals surface area contributed by atoms with Gasteiger partial charge in [-0.2, -0.15) is 0 Å². The Morgan fingerprint density at radius 2 is 1.71 bits per heavy atom. The zero-order valence-corrected chi connectivity index (χ0v) is 30.1. The number of ketones is 3. The molecule has 3 N–H and O–H groups in total. The van der Waals surface area contributed by atoms with E-state index in [0.29, 0.717) is 6.42 Å². The number of allylic oxidation sites excluding steroid dienone is 7. The molecule has 3 fully saturated rings. The Kier molecular flexibility index (Phi) is 10.0. The van der Waals surface area contributed by atoms with E-state index in [1.165, 1.54) is 19.1 Å². The summed E-state index contributed by atoms with van der Waals surface area (Å²) in [6.45, 7) is 7.40. The summed E-state index contributed by atoms with van der Waals surface area (Å²) >= 11 is 0. The van der Waals surface area contributed by atoms with Crippen LogP contribution in [0.5, 0.6) is 0 Å². The highest BCUT2D eigenvalue weighted by molar-refractivity contribution is 6.27. The highest BCUT2D eigenvalue weighted by Crippen LogP contribution is 2.69. The van der Waals surface area contributed by atoms with Gasteiger partial charge in [0.15, 0.2) is 11.6 Å². The van der Waals surface area contributed by atoms with Gasteiger partial charge in [-0.15, -0.1) is 0 Å². The second-order valence-corrected chi connectivity index (χ2v) is 15.4. The number of rotatable bonds is 10. The lowest BCUT2D eigenvalue weighted by Gasteiger charge is -2.60. The standard InChI is InChI=1S/C41H47NO10/c1-23-20-31-29-12-11-25-21-26(44)15-16-39(25,3)35(29)32(22-40(31,4)41(23,49)17-19-50-24(2)43)52-34(46)14-13-33(45)51-18-7-10-30-36(42)38(48)28-9-6-5-8-27(28)37(30)47/h5-10,15-16,21,23,29,31-32,35,49H,11-14,17-20,22,42H2,1-4H3/b10-7+/t23-,29?,31?,32?,35?,39?,40?,41?/m1/s1. The minimum absolute atomic E-state index is 0.0200. The zero-order chi connectivity index (χ0) is 37.6. The Bertz CT molecular complexity index is 1840. The van der Waals surface area contributed by atoms with Crippen LogP contribution in [0.1, 0.15) is 93.4 Å². The van der Waals surface area contributed by atoms with Gasteiger partial charge in [-0.25, -0.2) is 0 Å². The third kappa shape index (κ3) is 6.37. The summed E-state index contributed by atoms with van der Waals surface area (Å²) in [5, 5.41) is 12.3. The number of carbonyl (C=O) groups is 6. The van der Waals surface area contributed by atoms with E-state index >= 15 is 0 Å². The summed E-state index contributed by atoms with van der Waals surface area (Å²) in [6.07, 6.45) is 9.82. The van der Waals surface area contributed by atoms with Crippen molar-refractivity contribution >= 4 is 35.3 Å². The molecule has 5 aliphatic carbocycles. The summed E-state index contributed by atoms with van der Waals surface area (Å²) in [6, 6.07) is 6.41. The van der Waals surface area contributed by atoms with Crippen molar-refractivity contribution in [3.8, 4) is 0 Å². The lowest BCUT2D eigenvalue weighted by atomic mass is 9.46. The third-order valence-electron chi connectivity index (χ3n) is 12.7. The van der Waals surface area contributed by atoms with Crippen molar-refractivity contribution in [2.75, 3.05) is 13.2 Å². The highest BCUT2D eigenvalue weighted by atomic mass is 16.5. The summed E-state index contributed by atoms with van der Waals surface area (Å²) in [5.41, 5.74) is 4.95. The normalized spacial score (nSPS) is 33.5. The van der Waals surface area contributed by atoms with Gasteiger partial charge in [0.05, 0.1) is 30.7 Å². The quantitative estimate of drug-likeness (QED) is 0.249. The predicted molar refractivity (Wildman–Crippen MR) is 188 cm³/mol. The van der Waals surface area contributed by atoms with Gasteiger partial charge in [0.25, 0.3) is 0 Å². The average molecular weight is 714 g/mol. The molecule has 52 heavy (non-hydrogen) atoms. The Labute approximate surface area is 303 Å². The van der Waals surface area contributed by atoms with Crippen LogP contribution in [0.25, 0.3) is 0 Å². The maximum absolute atomic E-state index is 13.5. The SMILES string of the molecule is CC(=O)OCCC1(O)[C@H](C)CC2C3CCC4=CC(=O)C=CC4(C)C3C(OC(=O)CCC(=O)OC/C=C/C3=C(N)C(=O)c4ccccc4C3=O)CC21C. The predicted octanol–water partition coefficient (Wildman–Crippen LogP) is 4.92. The van der Waals surface area contributed by atoms with Crippen molar-refractivity contribution in [2.45, 2.75) is 84.3 Å². The van der Waals surface area contributed by atoms with Gasteiger partial charge >= 0.3 is 17.9 Å². The van der Waals surface area contributed by atoms with E-state index in [1.54, 1.807) is 36.4 Å². The van der Waals surface area contributed by atoms with Gasteiger partial charge in [-0.05, 0) is 67.7 Å². The molecular formula is C41H47NO10. The van der Waals surface area contributed by atoms with Gasteiger partial charge < -0.3 is 25.1 Å². The van der Waals surface area contributed by atoms with Crippen LogP contribution in [-0.4, -0.2) is 65.3 Å². The first-order valence-electron chi connectivity index (χ1n) is 18.1. The fourth-order valence-corrected chi connectivity index (χ4v) is 10.1. The molecule has 0 radical (unpaired) electrons. The number of hydrogen-bond acceptors (Lipinski definition) is 11. The Hall–Kier alpha value is -4.64. The first-order chi connectivity index (χ1) is 24.6. The Morgan fingerprint density at radius 3 is 2.42 bits per heavy atom. The molecule has 0 aromatic heterocycles. The maximum Gasteiger partial charge on any atom is 0.306 e. The van der Waals surface area contributed by atoms with Crippen molar-refractivity contribution in [3.63, 3.8) is 0 Å². The number of ether oxygens (including phenoxy) is 3.